The fourth-order valence-electron chi connectivity index (χ4n) is 0.972. The minimum atomic E-state index is -0.525. The fourth-order valence-corrected chi connectivity index (χ4v) is 0.972. The summed E-state index contributed by atoms with van der Waals surface area (Å²) in [4.78, 5) is 0. The van der Waals surface area contributed by atoms with E-state index in [1.807, 2.05) is 0 Å². The number of nitrogens with zero attached hydrogens (tertiary/aromatic N) is 1. The van der Waals surface area contributed by atoms with Crippen molar-refractivity contribution in [3.8, 4) is 6.07 Å². The highest BCUT2D eigenvalue weighted by atomic mass is 19.1. The van der Waals surface area contributed by atoms with Crippen molar-refractivity contribution in [2.45, 2.75) is 6.04 Å². The van der Waals surface area contributed by atoms with E-state index in [1.165, 1.54) is 18.2 Å². The molecule has 0 heterocycles. The Morgan fingerprint density at radius 1 is 1.62 bits per heavy atom. The zero-order valence-corrected chi connectivity index (χ0v) is 7.00. The molecule has 0 spiro atoms. The Labute approximate surface area is 76.1 Å². The van der Waals surface area contributed by atoms with Gasteiger partial charge in [0, 0.05) is 6.04 Å². The first-order chi connectivity index (χ1) is 6.19. The largest absolute Gasteiger partial charge is 0.321 e. The van der Waals surface area contributed by atoms with Crippen LogP contribution in [0.15, 0.2) is 30.9 Å². The zero-order chi connectivity index (χ0) is 9.84. The molecule has 1 aromatic rings. The highest BCUT2D eigenvalue weighted by molar-refractivity contribution is 5.36. The third-order valence-corrected chi connectivity index (χ3v) is 1.75. The van der Waals surface area contributed by atoms with Gasteiger partial charge in [-0.05, 0) is 17.7 Å². The van der Waals surface area contributed by atoms with Crippen LogP contribution in [0.4, 0.5) is 4.39 Å². The predicted molar refractivity (Wildman–Crippen MR) is 48.2 cm³/mol. The van der Waals surface area contributed by atoms with E-state index in [1.54, 1.807) is 12.1 Å². The van der Waals surface area contributed by atoms with Gasteiger partial charge in [0.25, 0.3) is 0 Å². The molecule has 2 N–H and O–H groups in total. The standard InChI is InChI=1S/C10H9FN2/c1-2-10(13)7-3-4-9(11)8(5-7)6-12/h2-5,10H,1,13H2/t10-/m1/s1. The minimum Gasteiger partial charge on any atom is -0.321 e. The molecule has 0 saturated heterocycles. The van der Waals surface area contributed by atoms with Gasteiger partial charge in [-0.3, -0.25) is 0 Å². The second-order valence-electron chi connectivity index (χ2n) is 2.61. The van der Waals surface area contributed by atoms with Gasteiger partial charge in [0.05, 0.1) is 5.56 Å². The van der Waals surface area contributed by atoms with Crippen LogP contribution in [0.25, 0.3) is 0 Å². The topological polar surface area (TPSA) is 49.8 Å². The Bertz CT molecular complexity index is 366. The summed E-state index contributed by atoms with van der Waals surface area (Å²) in [5.74, 6) is -0.525. The first-order valence-corrected chi connectivity index (χ1v) is 3.76. The molecule has 0 saturated carbocycles. The van der Waals surface area contributed by atoms with Gasteiger partial charge in [0.15, 0.2) is 0 Å². The summed E-state index contributed by atoms with van der Waals surface area (Å²) >= 11 is 0. The van der Waals surface area contributed by atoms with Crippen molar-refractivity contribution >= 4 is 0 Å². The van der Waals surface area contributed by atoms with E-state index in [-0.39, 0.29) is 11.6 Å². The highest BCUT2D eigenvalue weighted by Gasteiger charge is 2.05. The van der Waals surface area contributed by atoms with Crippen LogP contribution in [0.5, 0.6) is 0 Å². The molecular weight excluding hydrogens is 167 g/mol. The number of hydrogen-bond acceptors (Lipinski definition) is 2. The van der Waals surface area contributed by atoms with E-state index in [4.69, 9.17) is 11.0 Å². The highest BCUT2D eigenvalue weighted by Crippen LogP contribution is 2.15. The van der Waals surface area contributed by atoms with Crippen molar-refractivity contribution in [3.05, 3.63) is 47.8 Å². The van der Waals surface area contributed by atoms with Crippen LogP contribution in [-0.2, 0) is 0 Å². The summed E-state index contributed by atoms with van der Waals surface area (Å²) in [5.41, 5.74) is 6.32. The molecule has 1 atom stereocenters. The van der Waals surface area contributed by atoms with Crippen LogP contribution in [0.3, 0.4) is 0 Å². The van der Waals surface area contributed by atoms with Gasteiger partial charge in [-0.15, -0.1) is 6.58 Å². The first-order valence-electron chi connectivity index (χ1n) is 3.76. The molecule has 0 aromatic heterocycles. The second kappa shape index (κ2) is 3.83. The Morgan fingerprint density at radius 2 is 2.31 bits per heavy atom. The van der Waals surface area contributed by atoms with Gasteiger partial charge in [-0.1, -0.05) is 12.1 Å². The van der Waals surface area contributed by atoms with E-state index >= 15 is 0 Å². The van der Waals surface area contributed by atoms with E-state index in [0.717, 1.165) is 0 Å². The van der Waals surface area contributed by atoms with E-state index < -0.39 is 5.82 Å². The van der Waals surface area contributed by atoms with Crippen LogP contribution in [-0.4, -0.2) is 0 Å². The summed E-state index contributed by atoms with van der Waals surface area (Å²) in [6.45, 7) is 3.51. The molecule has 0 aliphatic rings. The molecule has 1 aromatic carbocycles. The SMILES string of the molecule is C=C[C@@H](N)c1ccc(F)c(C#N)c1. The quantitative estimate of drug-likeness (QED) is 0.699. The molecule has 1 rings (SSSR count). The smallest absolute Gasteiger partial charge is 0.140 e. The number of rotatable bonds is 2. The van der Waals surface area contributed by atoms with Crippen molar-refractivity contribution < 1.29 is 4.39 Å². The Balaban J connectivity index is 3.15. The fraction of sp³-hybridized carbons (Fsp3) is 0.100. The van der Waals surface area contributed by atoms with Crippen LogP contribution < -0.4 is 5.73 Å². The number of nitrogens with two attached hydrogens (primary N) is 1. The first kappa shape index (κ1) is 9.43. The van der Waals surface area contributed by atoms with Crippen molar-refractivity contribution in [1.29, 1.82) is 5.26 Å². The number of nitriles is 1. The van der Waals surface area contributed by atoms with Gasteiger partial charge in [0.1, 0.15) is 11.9 Å². The normalized spacial score (nSPS) is 11.8. The van der Waals surface area contributed by atoms with Crippen LogP contribution in [0.1, 0.15) is 17.2 Å². The zero-order valence-electron chi connectivity index (χ0n) is 7.00. The van der Waals surface area contributed by atoms with Gasteiger partial charge in [0.2, 0.25) is 0 Å². The lowest BCUT2D eigenvalue weighted by atomic mass is 10.0. The summed E-state index contributed by atoms with van der Waals surface area (Å²) in [6, 6.07) is 5.61. The Morgan fingerprint density at radius 3 is 2.85 bits per heavy atom. The average Bonchev–Trinajstić information content (AvgIpc) is 2.17. The molecule has 0 amide bonds. The lowest BCUT2D eigenvalue weighted by Crippen LogP contribution is -2.06. The molecule has 0 bridgehead atoms. The summed E-state index contributed by atoms with van der Waals surface area (Å²) < 4.78 is 12.8. The van der Waals surface area contributed by atoms with Gasteiger partial charge < -0.3 is 5.73 Å². The summed E-state index contributed by atoms with van der Waals surface area (Å²) in [7, 11) is 0. The Hall–Kier alpha value is -1.66. The molecule has 0 radical (unpaired) electrons. The van der Waals surface area contributed by atoms with Crippen molar-refractivity contribution in [1.82, 2.24) is 0 Å². The Kier molecular flexibility index (Phi) is 2.78. The monoisotopic (exact) mass is 176 g/mol. The minimum absolute atomic E-state index is 0.00907. The molecule has 66 valence electrons. The van der Waals surface area contributed by atoms with Crippen LogP contribution in [0, 0.1) is 17.1 Å². The molecule has 13 heavy (non-hydrogen) atoms. The number of hydrogen-bond donors (Lipinski definition) is 1. The van der Waals surface area contributed by atoms with Gasteiger partial charge >= 0.3 is 0 Å². The second-order valence-corrected chi connectivity index (χ2v) is 2.61. The molecule has 3 heteroatoms. The molecular formula is C10H9FN2. The van der Waals surface area contributed by atoms with E-state index in [0.29, 0.717) is 5.56 Å². The molecule has 0 aliphatic heterocycles. The number of halogens is 1. The maximum absolute atomic E-state index is 12.8. The summed E-state index contributed by atoms with van der Waals surface area (Å²) in [5, 5.41) is 8.54. The average molecular weight is 176 g/mol. The summed E-state index contributed by atoms with van der Waals surface area (Å²) in [6.07, 6.45) is 1.54. The lowest BCUT2D eigenvalue weighted by Gasteiger charge is -2.06. The van der Waals surface area contributed by atoms with Crippen LogP contribution >= 0.6 is 0 Å². The van der Waals surface area contributed by atoms with Gasteiger partial charge in [-0.2, -0.15) is 5.26 Å². The van der Waals surface area contributed by atoms with Crippen molar-refractivity contribution in [3.63, 3.8) is 0 Å². The maximum Gasteiger partial charge on any atom is 0.140 e. The van der Waals surface area contributed by atoms with Gasteiger partial charge in [-0.25, -0.2) is 4.39 Å². The van der Waals surface area contributed by atoms with E-state index in [9.17, 15) is 4.39 Å². The third-order valence-electron chi connectivity index (χ3n) is 1.75. The predicted octanol–water partition coefficient (Wildman–Crippen LogP) is 1.88. The van der Waals surface area contributed by atoms with Crippen molar-refractivity contribution in [2.75, 3.05) is 0 Å². The van der Waals surface area contributed by atoms with E-state index in [2.05, 4.69) is 6.58 Å². The molecule has 0 aliphatic carbocycles. The lowest BCUT2D eigenvalue weighted by molar-refractivity contribution is 0.622. The molecule has 2 nitrogen and oxygen atoms in total. The number of benzene rings is 1. The van der Waals surface area contributed by atoms with Crippen molar-refractivity contribution in [2.24, 2.45) is 5.73 Å². The van der Waals surface area contributed by atoms with Crippen LogP contribution in [0.2, 0.25) is 0 Å². The third kappa shape index (κ3) is 1.92. The molecule has 0 unspecified atom stereocenters. The molecule has 0 fully saturated rings. The maximum atomic E-state index is 12.8.